The van der Waals surface area contributed by atoms with Gasteiger partial charge < -0.3 is 78.5 Å². The van der Waals surface area contributed by atoms with Crippen LogP contribution in [0.4, 0.5) is 0 Å². The van der Waals surface area contributed by atoms with Crippen LogP contribution < -0.4 is 34.0 Å². The summed E-state index contributed by atoms with van der Waals surface area (Å²) < 4.78 is 23.8. The lowest BCUT2D eigenvalue weighted by Crippen LogP contribution is -2.66. The third-order valence-corrected chi connectivity index (χ3v) is 8.14. The first-order valence-electron chi connectivity index (χ1n) is 14.4. The van der Waals surface area contributed by atoms with Gasteiger partial charge in [-0.05, 0) is 44.7 Å². The van der Waals surface area contributed by atoms with Crippen molar-refractivity contribution in [3.63, 3.8) is 0 Å². The molecule has 41 heavy (non-hydrogen) atoms. The monoisotopic (exact) mass is 594 g/mol. The van der Waals surface area contributed by atoms with Gasteiger partial charge in [-0.3, -0.25) is 4.79 Å². The van der Waals surface area contributed by atoms with Crippen LogP contribution >= 0.6 is 0 Å². The summed E-state index contributed by atoms with van der Waals surface area (Å²) in [5, 5.41) is 55.2. The Balaban J connectivity index is 1.76. The Hall–Kier alpha value is -0.930. The van der Waals surface area contributed by atoms with Crippen LogP contribution in [-0.2, 0) is 23.7 Å². The number of nitrogens with two attached hydrogens (primary N) is 5. The summed E-state index contributed by atoms with van der Waals surface area (Å²) in [6, 6.07) is -2.48. The van der Waals surface area contributed by atoms with Gasteiger partial charge in [-0.1, -0.05) is 0 Å². The minimum atomic E-state index is -1.52. The topological polar surface area (TPSA) is 297 Å². The average molecular weight is 595 g/mol. The zero-order chi connectivity index (χ0) is 30.3. The van der Waals surface area contributed by atoms with Gasteiger partial charge in [-0.15, -0.1) is 0 Å². The van der Waals surface area contributed by atoms with E-state index >= 15 is 0 Å². The van der Waals surface area contributed by atoms with Gasteiger partial charge >= 0.3 is 0 Å². The Kier molecular flexibility index (Phi) is 13.7. The normalized spacial score (nSPS) is 42.6. The second-order valence-corrected chi connectivity index (χ2v) is 11.3. The van der Waals surface area contributed by atoms with Crippen molar-refractivity contribution in [2.75, 3.05) is 32.8 Å². The molecule has 0 aromatic heterocycles. The predicted molar refractivity (Wildman–Crippen MR) is 145 cm³/mol. The zero-order valence-corrected chi connectivity index (χ0v) is 23.3. The molecule has 240 valence electrons. The summed E-state index contributed by atoms with van der Waals surface area (Å²) in [6.07, 6.45) is -9.63. The molecule has 2 saturated heterocycles. The fraction of sp³-hybridized carbons (Fsp3) is 0.960. The Morgan fingerprint density at radius 3 is 2.32 bits per heavy atom. The van der Waals surface area contributed by atoms with Gasteiger partial charge in [0.1, 0.15) is 36.6 Å². The maximum atomic E-state index is 12.6. The van der Waals surface area contributed by atoms with Crippen LogP contribution in [-0.4, -0.2) is 144 Å². The highest BCUT2D eigenvalue weighted by Crippen LogP contribution is 2.36. The summed E-state index contributed by atoms with van der Waals surface area (Å²) in [5.41, 5.74) is 29.6. The molecule has 0 amide bonds. The minimum Gasteiger partial charge on any atom is -0.394 e. The molecule has 16 nitrogen and oxygen atoms in total. The van der Waals surface area contributed by atoms with Crippen LogP contribution in [0.25, 0.3) is 0 Å². The number of hydrogen-bond donors (Lipinski definition) is 11. The van der Waals surface area contributed by atoms with Crippen LogP contribution in [0.3, 0.4) is 0 Å². The van der Waals surface area contributed by atoms with Gasteiger partial charge in [0.25, 0.3) is 0 Å². The highest BCUT2D eigenvalue weighted by atomic mass is 16.7. The second kappa shape index (κ2) is 16.2. The third kappa shape index (κ3) is 8.81. The smallest absolute Gasteiger partial charge is 0.186 e. The molecule has 0 aromatic rings. The molecule has 3 aliphatic rings. The number of ether oxygens (including phenoxy) is 4. The largest absolute Gasteiger partial charge is 0.394 e. The van der Waals surface area contributed by atoms with E-state index in [9.17, 15) is 30.3 Å². The van der Waals surface area contributed by atoms with Crippen molar-refractivity contribution in [1.82, 2.24) is 5.32 Å². The molecule has 14 atom stereocenters. The number of aliphatic hydroxyl groups is 5. The quantitative estimate of drug-likeness (QED) is 0.0835. The van der Waals surface area contributed by atoms with Crippen molar-refractivity contribution < 1.29 is 49.3 Å². The van der Waals surface area contributed by atoms with E-state index in [1.165, 1.54) is 0 Å². The van der Waals surface area contributed by atoms with Crippen LogP contribution in [0.15, 0.2) is 0 Å². The van der Waals surface area contributed by atoms with Crippen molar-refractivity contribution in [1.29, 1.82) is 0 Å². The number of ketones is 1. The Morgan fingerprint density at radius 2 is 1.66 bits per heavy atom. The third-order valence-electron chi connectivity index (χ3n) is 8.14. The fourth-order valence-corrected chi connectivity index (χ4v) is 5.62. The zero-order valence-electron chi connectivity index (χ0n) is 23.3. The highest BCUT2D eigenvalue weighted by molar-refractivity contribution is 5.83. The van der Waals surface area contributed by atoms with E-state index in [4.69, 9.17) is 47.6 Å². The Labute approximate surface area is 239 Å². The van der Waals surface area contributed by atoms with Gasteiger partial charge in [0.15, 0.2) is 18.4 Å². The first kappa shape index (κ1) is 34.6. The first-order valence-corrected chi connectivity index (χ1v) is 14.4. The summed E-state index contributed by atoms with van der Waals surface area (Å²) >= 11 is 0. The summed E-state index contributed by atoms with van der Waals surface area (Å²) in [4.78, 5) is 12.6. The van der Waals surface area contributed by atoms with Crippen molar-refractivity contribution in [2.24, 2.45) is 34.6 Å². The lowest BCUT2D eigenvalue weighted by atomic mass is 9.76. The van der Waals surface area contributed by atoms with Crippen LogP contribution in [0.2, 0.25) is 0 Å². The van der Waals surface area contributed by atoms with E-state index in [-0.39, 0.29) is 25.5 Å². The number of carbonyl (C=O) groups is 1. The molecular formula is C25H50N6O10. The number of aliphatic hydroxyl groups excluding tert-OH is 5. The van der Waals surface area contributed by atoms with Crippen molar-refractivity contribution in [3.8, 4) is 0 Å². The van der Waals surface area contributed by atoms with E-state index in [2.05, 4.69) is 5.32 Å². The molecule has 0 spiro atoms. The molecule has 0 aromatic carbocycles. The van der Waals surface area contributed by atoms with Crippen LogP contribution in [0, 0.1) is 5.92 Å². The van der Waals surface area contributed by atoms with Gasteiger partial charge in [0.05, 0.1) is 30.9 Å². The van der Waals surface area contributed by atoms with Crippen molar-refractivity contribution >= 4 is 5.78 Å². The van der Waals surface area contributed by atoms with E-state index in [0.717, 1.165) is 13.0 Å². The predicted octanol–water partition coefficient (Wildman–Crippen LogP) is -5.72. The molecule has 0 bridgehead atoms. The molecule has 2 heterocycles. The van der Waals surface area contributed by atoms with E-state index in [1.807, 2.05) is 0 Å². The van der Waals surface area contributed by atoms with E-state index in [1.54, 1.807) is 0 Å². The van der Waals surface area contributed by atoms with Gasteiger partial charge in [-0.25, -0.2) is 0 Å². The van der Waals surface area contributed by atoms with E-state index in [0.29, 0.717) is 25.9 Å². The SMILES string of the molecule is NCCCNC[C@@H]1CC[C@@H](N)[C@@H](OC2[C@@H](N)C[C@@H](CC(=O)[C@@H](O)CN)[C@H](O[C@H]3O[C@H](CO)[C@@H](O)[C@H](N)[C@H]3O)[C@H]2O)O1. The lowest BCUT2D eigenvalue weighted by Gasteiger charge is -2.48. The minimum absolute atomic E-state index is 0.127. The summed E-state index contributed by atoms with van der Waals surface area (Å²) in [6.45, 7) is 0.996. The molecule has 1 saturated carbocycles. The standard InChI is InChI=1S/C25H50N6O10/c26-4-1-5-31-9-12-2-3-13(28)24(38-12)41-23-14(29)6-11(7-15(33)16(34)8-27)22(21(23)37)40-25-20(36)18(30)19(35)17(10-32)39-25/h11-14,16-25,31-32,34-37H,1-10,26-30H2/t11-,12-,13+,14-,16-,17+,18-,19+,20+,21+,22-,23?,24+,25+/m0/s1. The molecule has 16 heteroatoms. The fourth-order valence-electron chi connectivity index (χ4n) is 5.62. The average Bonchev–Trinajstić information content (AvgIpc) is 2.96. The van der Waals surface area contributed by atoms with Gasteiger partial charge in [-0.2, -0.15) is 0 Å². The molecule has 3 rings (SSSR count). The molecule has 16 N–H and O–H groups in total. The molecule has 1 unspecified atom stereocenters. The highest BCUT2D eigenvalue weighted by Gasteiger charge is 2.51. The Bertz CT molecular complexity index is 802. The summed E-state index contributed by atoms with van der Waals surface area (Å²) in [5.74, 6) is -1.31. The number of rotatable bonds is 14. The molecular weight excluding hydrogens is 544 g/mol. The second-order valence-electron chi connectivity index (χ2n) is 11.3. The lowest BCUT2D eigenvalue weighted by molar-refractivity contribution is -0.318. The summed E-state index contributed by atoms with van der Waals surface area (Å²) in [7, 11) is 0. The van der Waals surface area contributed by atoms with Gasteiger partial charge in [0.2, 0.25) is 0 Å². The Morgan fingerprint density at radius 1 is 0.951 bits per heavy atom. The molecule has 2 aliphatic heterocycles. The number of nitrogens with one attached hydrogen (secondary N) is 1. The maximum Gasteiger partial charge on any atom is 0.186 e. The number of Topliss-reactive ketones (excluding diaryl/α,β-unsaturated/α-hetero) is 1. The van der Waals surface area contributed by atoms with Crippen molar-refractivity contribution in [2.45, 2.75) is 112 Å². The molecule has 3 fully saturated rings. The van der Waals surface area contributed by atoms with Crippen LogP contribution in [0.5, 0.6) is 0 Å². The first-order chi connectivity index (χ1) is 19.5. The van der Waals surface area contributed by atoms with Gasteiger partial charge in [0, 0.05) is 25.6 Å². The van der Waals surface area contributed by atoms with Crippen LogP contribution in [0.1, 0.15) is 32.1 Å². The van der Waals surface area contributed by atoms with E-state index < -0.39 is 91.7 Å². The number of hydrogen-bond acceptors (Lipinski definition) is 16. The van der Waals surface area contributed by atoms with Crippen molar-refractivity contribution in [3.05, 3.63) is 0 Å². The maximum absolute atomic E-state index is 12.6. The number of carbonyl (C=O) groups excluding carboxylic acids is 1. The molecule has 1 aliphatic carbocycles. The molecule has 0 radical (unpaired) electrons.